The normalized spacial score (nSPS) is 28.1. The van der Waals surface area contributed by atoms with Crippen LogP contribution in [0.5, 0.6) is 0 Å². The molecule has 0 radical (unpaired) electrons. The van der Waals surface area contributed by atoms with E-state index in [1.54, 1.807) is 4.90 Å². The SMILES string of the molecule is C[C@@H](O)[C@H]1C(=O)N2C(C(=O)O)=C(SCC(=N)N3CC[C@@H](OC(N)=O)C3)C[C@H]12. The number of nitrogens with zero attached hydrogens (tertiary/aromatic N) is 2. The summed E-state index contributed by atoms with van der Waals surface area (Å²) in [5.41, 5.74) is 4.96. The van der Waals surface area contributed by atoms with E-state index in [1.165, 1.54) is 23.6 Å². The number of aliphatic carboxylic acids is 1. The number of amidine groups is 1. The van der Waals surface area contributed by atoms with Crippen molar-refractivity contribution in [2.75, 3.05) is 18.8 Å². The lowest BCUT2D eigenvalue weighted by atomic mass is 9.83. The van der Waals surface area contributed by atoms with Crippen LogP contribution in [0.15, 0.2) is 10.6 Å². The molecule has 3 aliphatic heterocycles. The maximum absolute atomic E-state index is 12.2. The Labute approximate surface area is 159 Å². The average Bonchev–Trinajstić information content (AvgIpc) is 3.14. The van der Waals surface area contributed by atoms with Gasteiger partial charge in [-0.25, -0.2) is 9.59 Å². The fourth-order valence-electron chi connectivity index (χ4n) is 3.84. The topological polar surface area (TPSA) is 157 Å². The van der Waals surface area contributed by atoms with Crippen molar-refractivity contribution in [3.8, 4) is 0 Å². The summed E-state index contributed by atoms with van der Waals surface area (Å²) in [4.78, 5) is 38.2. The molecule has 11 heteroatoms. The van der Waals surface area contributed by atoms with Gasteiger partial charge < -0.3 is 30.5 Å². The first-order chi connectivity index (χ1) is 12.7. The standard InChI is InChI=1S/C16H22N4O6S/c1-7(21)12-9-4-10(13(15(23)24)20(9)14(12)22)27-6-11(17)19-3-2-8(5-19)26-16(18)25/h7-9,12,17,21H,2-6H2,1H3,(H2,18,25)(H,23,24)/t7-,8-,9-,12-/m1/s1. The molecule has 3 heterocycles. The Bertz CT molecular complexity index is 724. The van der Waals surface area contributed by atoms with Crippen LogP contribution in [-0.2, 0) is 14.3 Å². The van der Waals surface area contributed by atoms with E-state index < -0.39 is 24.1 Å². The molecule has 5 N–H and O–H groups in total. The van der Waals surface area contributed by atoms with Crippen LogP contribution in [0.3, 0.4) is 0 Å². The van der Waals surface area contributed by atoms with Crippen LogP contribution >= 0.6 is 11.8 Å². The van der Waals surface area contributed by atoms with Crippen molar-refractivity contribution in [3.63, 3.8) is 0 Å². The van der Waals surface area contributed by atoms with E-state index in [0.29, 0.717) is 36.7 Å². The zero-order valence-electron chi connectivity index (χ0n) is 14.8. The van der Waals surface area contributed by atoms with Crippen molar-refractivity contribution in [2.24, 2.45) is 11.7 Å². The summed E-state index contributed by atoms with van der Waals surface area (Å²) in [6, 6.07) is -0.333. The smallest absolute Gasteiger partial charge is 0.404 e. The Balaban J connectivity index is 1.61. The quantitative estimate of drug-likeness (QED) is 0.271. The highest BCUT2D eigenvalue weighted by Crippen LogP contribution is 2.47. The molecule has 4 atom stereocenters. The number of aliphatic hydroxyl groups is 1. The highest BCUT2D eigenvalue weighted by molar-refractivity contribution is 8.03. The van der Waals surface area contributed by atoms with Crippen molar-refractivity contribution in [3.05, 3.63) is 10.6 Å². The second-order valence-electron chi connectivity index (χ2n) is 6.85. The Hall–Kier alpha value is -2.27. The summed E-state index contributed by atoms with van der Waals surface area (Å²) in [7, 11) is 0. The van der Waals surface area contributed by atoms with Gasteiger partial charge in [-0.1, -0.05) is 0 Å². The molecular formula is C16H22N4O6S. The molecule has 0 aromatic carbocycles. The maximum Gasteiger partial charge on any atom is 0.404 e. The highest BCUT2D eigenvalue weighted by atomic mass is 32.2. The average molecular weight is 398 g/mol. The zero-order valence-corrected chi connectivity index (χ0v) is 15.6. The van der Waals surface area contributed by atoms with Crippen LogP contribution in [0.4, 0.5) is 4.79 Å². The van der Waals surface area contributed by atoms with Gasteiger partial charge in [-0.3, -0.25) is 10.2 Å². The molecule has 0 aromatic rings. The van der Waals surface area contributed by atoms with Gasteiger partial charge >= 0.3 is 12.1 Å². The van der Waals surface area contributed by atoms with Gasteiger partial charge in [0, 0.05) is 24.3 Å². The molecule has 3 rings (SSSR count). The molecule has 0 saturated carbocycles. The molecule has 3 aliphatic rings. The number of rotatable bonds is 6. The number of carbonyl (C=O) groups is 3. The number of nitrogens with one attached hydrogen (secondary N) is 1. The number of nitrogens with two attached hydrogens (primary N) is 1. The molecule has 0 bridgehead atoms. The molecule has 2 saturated heterocycles. The summed E-state index contributed by atoms with van der Waals surface area (Å²) >= 11 is 1.22. The number of amides is 2. The van der Waals surface area contributed by atoms with Gasteiger partial charge in [-0.05, 0) is 6.92 Å². The predicted molar refractivity (Wildman–Crippen MR) is 95.9 cm³/mol. The number of hydrogen-bond donors (Lipinski definition) is 4. The molecule has 0 unspecified atom stereocenters. The Morgan fingerprint density at radius 1 is 1.48 bits per heavy atom. The Kier molecular flexibility index (Phi) is 5.33. The maximum atomic E-state index is 12.2. The van der Waals surface area contributed by atoms with Crippen LogP contribution in [0.25, 0.3) is 0 Å². The Morgan fingerprint density at radius 2 is 2.19 bits per heavy atom. The first kappa shape index (κ1) is 19.5. The number of likely N-dealkylation sites (tertiary alicyclic amines) is 1. The molecule has 0 aromatic heterocycles. The van der Waals surface area contributed by atoms with Gasteiger partial charge in [0.15, 0.2) is 0 Å². The second kappa shape index (κ2) is 7.39. The predicted octanol–water partition coefficient (Wildman–Crippen LogP) is -0.226. The second-order valence-corrected chi connectivity index (χ2v) is 7.92. The molecule has 0 spiro atoms. The van der Waals surface area contributed by atoms with Crippen molar-refractivity contribution >= 4 is 35.6 Å². The van der Waals surface area contributed by atoms with Gasteiger partial charge in [0.05, 0.1) is 30.4 Å². The number of thioether (sulfide) groups is 1. The molecule has 2 amide bonds. The molecule has 0 aliphatic carbocycles. The number of carboxylic acids is 1. The van der Waals surface area contributed by atoms with Gasteiger partial charge in [0.1, 0.15) is 17.6 Å². The minimum absolute atomic E-state index is 0.0453. The van der Waals surface area contributed by atoms with E-state index >= 15 is 0 Å². The first-order valence-corrected chi connectivity index (χ1v) is 9.58. The van der Waals surface area contributed by atoms with Gasteiger partial charge in [0.25, 0.3) is 0 Å². The summed E-state index contributed by atoms with van der Waals surface area (Å²) in [5.74, 6) is -1.60. The van der Waals surface area contributed by atoms with E-state index in [1.807, 2.05) is 0 Å². The first-order valence-electron chi connectivity index (χ1n) is 8.59. The van der Waals surface area contributed by atoms with Crippen molar-refractivity contribution in [2.45, 2.75) is 38.0 Å². The third-order valence-electron chi connectivity index (χ3n) is 5.08. The lowest BCUT2D eigenvalue weighted by molar-refractivity contribution is -0.161. The summed E-state index contributed by atoms with van der Waals surface area (Å²) < 4.78 is 4.94. The monoisotopic (exact) mass is 398 g/mol. The van der Waals surface area contributed by atoms with Crippen molar-refractivity contribution < 1.29 is 29.3 Å². The lowest BCUT2D eigenvalue weighted by Gasteiger charge is -2.44. The van der Waals surface area contributed by atoms with Crippen LogP contribution < -0.4 is 5.73 Å². The van der Waals surface area contributed by atoms with Crippen LogP contribution in [-0.4, -0.2) is 80.9 Å². The lowest BCUT2D eigenvalue weighted by Crippen LogP contribution is -2.61. The van der Waals surface area contributed by atoms with E-state index in [-0.39, 0.29) is 29.5 Å². The fraction of sp³-hybridized carbons (Fsp3) is 0.625. The molecule has 148 valence electrons. The van der Waals surface area contributed by atoms with Crippen LogP contribution in [0.1, 0.15) is 19.8 Å². The van der Waals surface area contributed by atoms with Crippen LogP contribution in [0.2, 0.25) is 0 Å². The number of carboxylic acid groups (broad SMARTS) is 1. The third kappa shape index (κ3) is 3.61. The van der Waals surface area contributed by atoms with Gasteiger partial charge in [-0.15, -0.1) is 11.8 Å². The fourth-order valence-corrected chi connectivity index (χ4v) is 4.94. The minimum atomic E-state index is -1.18. The number of β-lactam (4-membered cyclic amide) rings is 1. The highest BCUT2D eigenvalue weighted by Gasteiger charge is 2.56. The largest absolute Gasteiger partial charge is 0.477 e. The summed E-state index contributed by atoms with van der Waals surface area (Å²) in [5, 5.41) is 27.4. The Morgan fingerprint density at radius 3 is 2.78 bits per heavy atom. The number of hydrogen-bond acceptors (Lipinski definition) is 7. The van der Waals surface area contributed by atoms with Gasteiger partial charge in [0.2, 0.25) is 5.91 Å². The van der Waals surface area contributed by atoms with Crippen molar-refractivity contribution in [1.82, 2.24) is 9.80 Å². The minimum Gasteiger partial charge on any atom is -0.477 e. The van der Waals surface area contributed by atoms with E-state index in [9.17, 15) is 24.6 Å². The number of ether oxygens (including phenoxy) is 1. The summed E-state index contributed by atoms with van der Waals surface area (Å²) in [6.45, 7) is 2.46. The number of aliphatic hydroxyl groups excluding tert-OH is 1. The van der Waals surface area contributed by atoms with Crippen LogP contribution in [0, 0.1) is 11.3 Å². The van der Waals surface area contributed by atoms with E-state index in [2.05, 4.69) is 0 Å². The van der Waals surface area contributed by atoms with Crippen molar-refractivity contribution in [1.29, 1.82) is 5.41 Å². The van der Waals surface area contributed by atoms with Gasteiger partial charge in [-0.2, -0.15) is 0 Å². The van der Waals surface area contributed by atoms with E-state index in [0.717, 1.165) is 0 Å². The number of carbonyl (C=O) groups excluding carboxylic acids is 2. The zero-order chi connectivity index (χ0) is 19.9. The molecule has 2 fully saturated rings. The number of fused-ring (bicyclic) bond motifs is 1. The molecule has 27 heavy (non-hydrogen) atoms. The molecular weight excluding hydrogens is 376 g/mol. The molecule has 10 nitrogen and oxygen atoms in total. The number of primary amides is 1. The third-order valence-corrected chi connectivity index (χ3v) is 6.21. The van der Waals surface area contributed by atoms with E-state index in [4.69, 9.17) is 15.9 Å². The summed E-state index contributed by atoms with van der Waals surface area (Å²) in [6.07, 6.45) is -1.07.